The molecule has 2 amide bonds. The van der Waals surface area contributed by atoms with Gasteiger partial charge in [-0.3, -0.25) is 14.4 Å². The molecule has 0 spiro atoms. The van der Waals surface area contributed by atoms with Crippen molar-refractivity contribution in [2.75, 3.05) is 33.3 Å². The smallest absolute Gasteiger partial charge is 0.425 e. The molecule has 2 unspecified atom stereocenters. The monoisotopic (exact) mass is 448 g/mol. The molecule has 1 saturated heterocycles. The Kier molecular flexibility index (Phi) is 7.68. The lowest BCUT2D eigenvalue weighted by Gasteiger charge is -2.33. The summed E-state index contributed by atoms with van der Waals surface area (Å²) in [6.45, 7) is 1.91. The highest BCUT2D eigenvalue weighted by Gasteiger charge is 2.59. The van der Waals surface area contributed by atoms with Crippen LogP contribution < -0.4 is 0 Å². The van der Waals surface area contributed by atoms with E-state index in [1.54, 1.807) is 6.92 Å². The highest BCUT2D eigenvalue weighted by molar-refractivity contribution is 5.85. The maximum absolute atomic E-state index is 13.6. The number of hydrogen-bond donors (Lipinski definition) is 1. The van der Waals surface area contributed by atoms with Crippen molar-refractivity contribution in [3.8, 4) is 0 Å². The number of amides is 2. The molecule has 2 heterocycles. The summed E-state index contributed by atoms with van der Waals surface area (Å²) in [5, 5.41) is 10.3. The van der Waals surface area contributed by atoms with Gasteiger partial charge in [-0.05, 0) is 19.8 Å². The van der Waals surface area contributed by atoms with Gasteiger partial charge in [0.2, 0.25) is 17.4 Å². The van der Waals surface area contributed by atoms with E-state index < -0.39 is 54.3 Å². The molecule has 1 aromatic heterocycles. The zero-order chi connectivity index (χ0) is 23.4. The minimum atomic E-state index is -5.16. The van der Waals surface area contributed by atoms with E-state index in [2.05, 4.69) is 4.98 Å². The molecule has 0 aromatic carbocycles. The Morgan fingerprint density at radius 1 is 1.35 bits per heavy atom. The molecular weight excluding hydrogens is 421 g/mol. The Morgan fingerprint density at radius 3 is 2.58 bits per heavy atom. The van der Waals surface area contributed by atoms with Crippen molar-refractivity contribution in [3.05, 3.63) is 18.2 Å². The van der Waals surface area contributed by atoms with Crippen LogP contribution in [0.3, 0.4) is 0 Å². The molecule has 1 fully saturated rings. The van der Waals surface area contributed by atoms with E-state index in [1.165, 1.54) is 25.2 Å². The molecule has 1 aromatic rings. The predicted octanol–water partition coefficient (Wildman–Crippen LogP) is 0.820. The normalized spacial score (nSPS) is 18.9. The number of piperidine rings is 1. The average molecular weight is 448 g/mol. The van der Waals surface area contributed by atoms with E-state index in [9.17, 15) is 32.7 Å². The first-order valence-corrected chi connectivity index (χ1v) is 9.86. The summed E-state index contributed by atoms with van der Waals surface area (Å²) in [6.07, 6.45) is -3.04. The SMILES string of the molecule is CCOC(=O)C1CCCN(C(=O)CN(C)C(=O)CC(O)(c2nccn2C)C(F)(F)F)C1. The third kappa shape index (κ3) is 5.54. The van der Waals surface area contributed by atoms with Crippen molar-refractivity contribution in [1.82, 2.24) is 19.4 Å². The average Bonchev–Trinajstić information content (AvgIpc) is 3.13. The van der Waals surface area contributed by atoms with Crippen LogP contribution in [0.25, 0.3) is 0 Å². The first-order chi connectivity index (χ1) is 14.4. The minimum Gasteiger partial charge on any atom is -0.466 e. The van der Waals surface area contributed by atoms with Gasteiger partial charge < -0.3 is 24.2 Å². The van der Waals surface area contributed by atoms with Crippen LogP contribution in [0, 0.1) is 5.92 Å². The van der Waals surface area contributed by atoms with Gasteiger partial charge in [-0.25, -0.2) is 4.98 Å². The van der Waals surface area contributed by atoms with E-state index in [1.807, 2.05) is 0 Å². The molecule has 0 aliphatic carbocycles. The fourth-order valence-electron chi connectivity index (χ4n) is 3.47. The first-order valence-electron chi connectivity index (χ1n) is 9.86. The molecule has 174 valence electrons. The van der Waals surface area contributed by atoms with Gasteiger partial charge in [0.25, 0.3) is 0 Å². The molecule has 12 heteroatoms. The van der Waals surface area contributed by atoms with Gasteiger partial charge in [0, 0.05) is 39.6 Å². The van der Waals surface area contributed by atoms with Crippen molar-refractivity contribution >= 4 is 17.8 Å². The van der Waals surface area contributed by atoms with Crippen LogP contribution in [0.2, 0.25) is 0 Å². The van der Waals surface area contributed by atoms with Crippen LogP contribution >= 0.6 is 0 Å². The van der Waals surface area contributed by atoms with Gasteiger partial charge >= 0.3 is 12.1 Å². The summed E-state index contributed by atoms with van der Waals surface area (Å²) in [4.78, 5) is 42.7. The summed E-state index contributed by atoms with van der Waals surface area (Å²) in [6, 6.07) is 0. The molecular formula is C19H27F3N4O5. The van der Waals surface area contributed by atoms with Crippen molar-refractivity contribution < 1.29 is 37.4 Å². The lowest BCUT2D eigenvalue weighted by molar-refractivity contribution is -0.271. The number of carbonyl (C=O) groups is 3. The van der Waals surface area contributed by atoms with Gasteiger partial charge in [-0.1, -0.05) is 0 Å². The number of aromatic nitrogens is 2. The topological polar surface area (TPSA) is 105 Å². The lowest BCUT2D eigenvalue weighted by atomic mass is 9.96. The Bertz CT molecular complexity index is 813. The molecule has 1 aliphatic heterocycles. The van der Waals surface area contributed by atoms with Crippen molar-refractivity contribution in [3.63, 3.8) is 0 Å². The second kappa shape index (κ2) is 9.67. The fourth-order valence-corrected chi connectivity index (χ4v) is 3.47. The number of likely N-dealkylation sites (tertiary alicyclic amines) is 1. The van der Waals surface area contributed by atoms with Crippen molar-refractivity contribution in [2.24, 2.45) is 13.0 Å². The Hall–Kier alpha value is -2.63. The highest BCUT2D eigenvalue weighted by atomic mass is 19.4. The second-order valence-corrected chi connectivity index (χ2v) is 7.58. The summed E-state index contributed by atoms with van der Waals surface area (Å²) < 4.78 is 46.8. The number of rotatable bonds is 7. The van der Waals surface area contributed by atoms with Gasteiger partial charge in [0.15, 0.2) is 5.82 Å². The number of aliphatic hydroxyl groups is 1. The standard InChI is InChI=1S/C19H27F3N4O5/c1-4-31-16(29)13-6-5-8-26(11-13)15(28)12-25(3)14(27)10-18(30,19(20,21)22)17-23-7-9-24(17)2/h7,9,13,30H,4-6,8,10-12H2,1-3H3. The van der Waals surface area contributed by atoms with Gasteiger partial charge in [0.1, 0.15) is 0 Å². The molecule has 0 bridgehead atoms. The second-order valence-electron chi connectivity index (χ2n) is 7.58. The Balaban J connectivity index is 2.05. The van der Waals surface area contributed by atoms with Crippen LogP contribution in [-0.4, -0.2) is 81.7 Å². The number of nitrogens with zero attached hydrogens (tertiary/aromatic N) is 4. The third-order valence-electron chi connectivity index (χ3n) is 5.26. The molecule has 9 nitrogen and oxygen atoms in total. The van der Waals surface area contributed by atoms with Crippen molar-refractivity contribution in [2.45, 2.75) is 38.0 Å². The van der Waals surface area contributed by atoms with Crippen molar-refractivity contribution in [1.29, 1.82) is 0 Å². The largest absolute Gasteiger partial charge is 0.466 e. The third-order valence-corrected chi connectivity index (χ3v) is 5.26. The lowest BCUT2D eigenvalue weighted by Crippen LogP contribution is -2.50. The summed E-state index contributed by atoms with van der Waals surface area (Å²) in [5.74, 6) is -3.18. The van der Waals surface area contributed by atoms with Gasteiger partial charge in [-0.2, -0.15) is 13.2 Å². The first kappa shape index (κ1) is 24.6. The van der Waals surface area contributed by atoms with Crippen LogP contribution in [0.1, 0.15) is 32.0 Å². The van der Waals surface area contributed by atoms with E-state index in [4.69, 9.17) is 4.74 Å². The number of halogens is 3. The maximum atomic E-state index is 13.6. The number of aryl methyl sites for hydroxylation is 1. The van der Waals surface area contributed by atoms with Crippen LogP contribution in [0.5, 0.6) is 0 Å². The maximum Gasteiger partial charge on any atom is 0.425 e. The summed E-state index contributed by atoms with van der Waals surface area (Å²) in [5.41, 5.74) is -3.50. The quantitative estimate of drug-likeness (QED) is 0.620. The highest BCUT2D eigenvalue weighted by Crippen LogP contribution is 2.41. The zero-order valence-electron chi connectivity index (χ0n) is 17.7. The summed E-state index contributed by atoms with van der Waals surface area (Å²) in [7, 11) is 2.45. The molecule has 2 atom stereocenters. The number of hydrogen-bond acceptors (Lipinski definition) is 6. The van der Waals surface area contributed by atoms with Gasteiger partial charge in [-0.15, -0.1) is 0 Å². The molecule has 1 aliphatic rings. The number of imidazole rings is 1. The van der Waals surface area contributed by atoms with Crippen LogP contribution in [0.15, 0.2) is 12.4 Å². The van der Waals surface area contributed by atoms with E-state index >= 15 is 0 Å². The minimum absolute atomic E-state index is 0.124. The number of ether oxygens (including phenoxy) is 1. The Morgan fingerprint density at radius 2 is 2.03 bits per heavy atom. The number of alkyl halides is 3. The zero-order valence-corrected chi connectivity index (χ0v) is 17.7. The molecule has 0 saturated carbocycles. The molecule has 0 radical (unpaired) electrons. The molecule has 2 rings (SSSR count). The van der Waals surface area contributed by atoms with E-state index in [0.717, 1.165) is 15.7 Å². The number of esters is 1. The molecule has 1 N–H and O–H groups in total. The van der Waals surface area contributed by atoms with Crippen LogP contribution in [0.4, 0.5) is 13.2 Å². The van der Waals surface area contributed by atoms with Gasteiger partial charge in [0.05, 0.1) is 25.5 Å². The van der Waals surface area contributed by atoms with E-state index in [-0.39, 0.29) is 13.2 Å². The van der Waals surface area contributed by atoms with Crippen LogP contribution in [-0.2, 0) is 31.8 Å². The molecule has 31 heavy (non-hydrogen) atoms. The fraction of sp³-hybridized carbons (Fsp3) is 0.684. The van der Waals surface area contributed by atoms with E-state index in [0.29, 0.717) is 19.4 Å². The number of carbonyl (C=O) groups excluding carboxylic acids is 3. The predicted molar refractivity (Wildman–Crippen MR) is 101 cm³/mol. The Labute approximate surface area is 177 Å². The number of likely N-dealkylation sites (N-methyl/N-ethyl adjacent to an activating group) is 1. The summed E-state index contributed by atoms with van der Waals surface area (Å²) >= 11 is 0.